The van der Waals surface area contributed by atoms with Crippen molar-refractivity contribution in [3.05, 3.63) is 88.6 Å². The van der Waals surface area contributed by atoms with E-state index in [0.29, 0.717) is 18.1 Å². The Kier molecular flexibility index (Phi) is 8.33. The number of aryl methyl sites for hydroxylation is 1. The van der Waals surface area contributed by atoms with Gasteiger partial charge in [0.25, 0.3) is 5.91 Å². The van der Waals surface area contributed by atoms with E-state index in [1.807, 2.05) is 42.6 Å². The van der Waals surface area contributed by atoms with Crippen LogP contribution >= 0.6 is 0 Å². The molecule has 2 heterocycles. The first-order valence-corrected chi connectivity index (χ1v) is 13.1. The number of amides is 1. The van der Waals surface area contributed by atoms with Gasteiger partial charge < -0.3 is 24.8 Å². The molecule has 1 aliphatic carbocycles. The first kappa shape index (κ1) is 25.2. The molecular weight excluding hydrogens is 466 g/mol. The van der Waals surface area contributed by atoms with Gasteiger partial charge in [-0.25, -0.2) is 4.98 Å². The van der Waals surface area contributed by atoms with Gasteiger partial charge in [0.05, 0.1) is 13.2 Å². The maximum atomic E-state index is 12.8. The van der Waals surface area contributed by atoms with Crippen LogP contribution in [0.3, 0.4) is 0 Å². The number of hydrogen-bond donors (Lipinski definition) is 2. The normalized spacial score (nSPS) is 18.7. The highest BCUT2D eigenvalue weighted by atomic mass is 16.5. The predicted octanol–water partition coefficient (Wildman–Crippen LogP) is 4.23. The van der Waals surface area contributed by atoms with Crippen molar-refractivity contribution in [2.24, 2.45) is 0 Å². The third kappa shape index (κ3) is 6.87. The van der Waals surface area contributed by atoms with Crippen molar-refractivity contribution in [3.63, 3.8) is 0 Å². The fraction of sp³-hybridized carbons (Fsp3) is 0.400. The van der Waals surface area contributed by atoms with Crippen molar-refractivity contribution >= 4 is 5.91 Å². The molecule has 0 bridgehead atoms. The van der Waals surface area contributed by atoms with E-state index in [-0.39, 0.29) is 18.1 Å². The molecule has 2 aromatic carbocycles. The quantitative estimate of drug-likeness (QED) is 0.433. The number of carbonyl (C=O) groups excluding carboxylic acids is 1. The number of nitrogens with one attached hydrogen (secondary N) is 2. The standard InChI is InChI=1S/C30H35N3O4/c1-35-29-13-5-22(19-32-29)18-31-17-21-4-6-25-16-26(10-7-24(25)15-21)33-30(34)23-8-11-27(12-9-23)37-20-28-3-2-14-36-28/h4-6,8-9,11-13,15,19,26,28,31H,2-3,7,10,14,16-18,20H2,1H3,(H,33,34)/t26-,28-/m0/s1. The Labute approximate surface area is 218 Å². The van der Waals surface area contributed by atoms with E-state index in [0.717, 1.165) is 63.1 Å². The van der Waals surface area contributed by atoms with Gasteiger partial charge in [-0.2, -0.15) is 0 Å². The molecule has 1 amide bonds. The van der Waals surface area contributed by atoms with Gasteiger partial charge in [-0.1, -0.05) is 24.3 Å². The van der Waals surface area contributed by atoms with Crippen LogP contribution in [0.5, 0.6) is 11.6 Å². The molecule has 1 saturated heterocycles. The Hall–Kier alpha value is -3.42. The number of hydrogen-bond acceptors (Lipinski definition) is 6. The summed E-state index contributed by atoms with van der Waals surface area (Å²) in [4.78, 5) is 17.1. The zero-order chi connectivity index (χ0) is 25.5. The number of carbonyl (C=O) groups is 1. The second-order valence-corrected chi connectivity index (χ2v) is 9.80. The lowest BCUT2D eigenvalue weighted by atomic mass is 9.87. The molecule has 5 rings (SSSR count). The van der Waals surface area contributed by atoms with Gasteiger partial charge in [-0.05, 0) is 78.6 Å². The molecular formula is C30H35N3O4. The molecule has 0 radical (unpaired) electrons. The molecule has 194 valence electrons. The molecule has 1 aliphatic heterocycles. The third-order valence-corrected chi connectivity index (χ3v) is 7.08. The van der Waals surface area contributed by atoms with Gasteiger partial charge in [-0.15, -0.1) is 0 Å². The van der Waals surface area contributed by atoms with Crippen molar-refractivity contribution in [2.75, 3.05) is 20.3 Å². The minimum atomic E-state index is -0.0343. The van der Waals surface area contributed by atoms with Crippen molar-refractivity contribution in [3.8, 4) is 11.6 Å². The Morgan fingerprint density at radius 3 is 2.62 bits per heavy atom. The lowest BCUT2D eigenvalue weighted by Gasteiger charge is -2.26. The van der Waals surface area contributed by atoms with Gasteiger partial charge in [0.1, 0.15) is 12.4 Å². The van der Waals surface area contributed by atoms with E-state index in [1.165, 1.54) is 16.7 Å². The molecule has 37 heavy (non-hydrogen) atoms. The van der Waals surface area contributed by atoms with E-state index < -0.39 is 0 Å². The molecule has 2 aliphatic rings. The first-order chi connectivity index (χ1) is 18.2. The van der Waals surface area contributed by atoms with Gasteiger partial charge in [-0.3, -0.25) is 4.79 Å². The molecule has 0 saturated carbocycles. The summed E-state index contributed by atoms with van der Waals surface area (Å²) in [7, 11) is 1.62. The average Bonchev–Trinajstić information content (AvgIpc) is 3.46. The van der Waals surface area contributed by atoms with Gasteiger partial charge in [0, 0.05) is 43.6 Å². The Balaban J connectivity index is 1.08. The molecule has 3 aromatic rings. The van der Waals surface area contributed by atoms with Crippen LogP contribution in [0.4, 0.5) is 0 Å². The number of nitrogens with zero attached hydrogens (tertiary/aromatic N) is 1. The molecule has 2 atom stereocenters. The highest BCUT2D eigenvalue weighted by Gasteiger charge is 2.21. The van der Waals surface area contributed by atoms with Crippen LogP contribution in [-0.2, 0) is 30.7 Å². The summed E-state index contributed by atoms with van der Waals surface area (Å²) in [6.07, 6.45) is 6.92. The van der Waals surface area contributed by atoms with E-state index in [4.69, 9.17) is 14.2 Å². The Morgan fingerprint density at radius 2 is 1.86 bits per heavy atom. The van der Waals surface area contributed by atoms with E-state index in [1.54, 1.807) is 7.11 Å². The zero-order valence-corrected chi connectivity index (χ0v) is 21.4. The maximum Gasteiger partial charge on any atom is 0.251 e. The van der Waals surface area contributed by atoms with Crippen molar-refractivity contribution in [1.29, 1.82) is 0 Å². The molecule has 1 fully saturated rings. The lowest BCUT2D eigenvalue weighted by Crippen LogP contribution is -2.38. The van der Waals surface area contributed by atoms with Gasteiger partial charge in [0.15, 0.2) is 0 Å². The van der Waals surface area contributed by atoms with Crippen LogP contribution < -0.4 is 20.1 Å². The van der Waals surface area contributed by atoms with Crippen LogP contribution in [-0.4, -0.2) is 43.4 Å². The number of benzene rings is 2. The molecule has 7 nitrogen and oxygen atoms in total. The molecule has 7 heteroatoms. The lowest BCUT2D eigenvalue weighted by molar-refractivity contribution is 0.0679. The zero-order valence-electron chi connectivity index (χ0n) is 21.4. The monoisotopic (exact) mass is 501 g/mol. The second-order valence-electron chi connectivity index (χ2n) is 9.80. The highest BCUT2D eigenvalue weighted by Crippen LogP contribution is 2.24. The topological polar surface area (TPSA) is 81.7 Å². The first-order valence-electron chi connectivity index (χ1n) is 13.1. The summed E-state index contributed by atoms with van der Waals surface area (Å²) in [6, 6.07) is 18.1. The Morgan fingerprint density at radius 1 is 1.03 bits per heavy atom. The predicted molar refractivity (Wildman–Crippen MR) is 142 cm³/mol. The Bertz CT molecular complexity index is 1170. The minimum absolute atomic E-state index is 0.0343. The number of pyridine rings is 1. The van der Waals surface area contributed by atoms with Gasteiger partial charge in [0.2, 0.25) is 5.88 Å². The number of methoxy groups -OCH3 is 1. The summed E-state index contributed by atoms with van der Waals surface area (Å²) in [5.41, 5.74) is 5.74. The molecule has 1 aromatic heterocycles. The number of aromatic nitrogens is 1. The summed E-state index contributed by atoms with van der Waals surface area (Å²) < 4.78 is 16.5. The van der Waals surface area contributed by atoms with Gasteiger partial charge >= 0.3 is 0 Å². The summed E-state index contributed by atoms with van der Waals surface area (Å²) in [5.74, 6) is 1.36. The van der Waals surface area contributed by atoms with Crippen molar-refractivity contribution < 1.29 is 19.0 Å². The minimum Gasteiger partial charge on any atom is -0.491 e. The average molecular weight is 502 g/mol. The van der Waals surface area contributed by atoms with E-state index in [2.05, 4.69) is 33.8 Å². The van der Waals surface area contributed by atoms with Crippen LogP contribution in [0, 0.1) is 0 Å². The van der Waals surface area contributed by atoms with Crippen molar-refractivity contribution in [1.82, 2.24) is 15.6 Å². The fourth-order valence-corrected chi connectivity index (χ4v) is 4.97. The third-order valence-electron chi connectivity index (χ3n) is 7.08. The number of ether oxygens (including phenoxy) is 3. The number of fused-ring (bicyclic) bond motifs is 1. The fourth-order valence-electron chi connectivity index (χ4n) is 4.97. The summed E-state index contributed by atoms with van der Waals surface area (Å²) >= 11 is 0. The summed E-state index contributed by atoms with van der Waals surface area (Å²) in [6.45, 7) is 2.93. The van der Waals surface area contributed by atoms with Crippen LogP contribution in [0.1, 0.15) is 51.9 Å². The second kappa shape index (κ2) is 12.2. The summed E-state index contributed by atoms with van der Waals surface area (Å²) in [5, 5.41) is 6.71. The van der Waals surface area contributed by atoms with Crippen LogP contribution in [0.2, 0.25) is 0 Å². The number of rotatable bonds is 10. The van der Waals surface area contributed by atoms with E-state index in [9.17, 15) is 4.79 Å². The van der Waals surface area contributed by atoms with Crippen LogP contribution in [0.15, 0.2) is 60.8 Å². The van der Waals surface area contributed by atoms with Crippen LogP contribution in [0.25, 0.3) is 0 Å². The van der Waals surface area contributed by atoms with Crippen molar-refractivity contribution in [2.45, 2.75) is 57.3 Å². The molecule has 0 unspecified atom stereocenters. The highest BCUT2D eigenvalue weighted by molar-refractivity contribution is 5.94. The SMILES string of the molecule is COc1ccc(CNCc2ccc3c(c2)CC[C@H](NC(=O)c2ccc(OC[C@@H]4CCCO4)cc2)C3)cn1. The molecule has 0 spiro atoms. The van der Waals surface area contributed by atoms with E-state index >= 15 is 0 Å². The molecule has 2 N–H and O–H groups in total. The largest absolute Gasteiger partial charge is 0.491 e. The smallest absolute Gasteiger partial charge is 0.251 e. The maximum absolute atomic E-state index is 12.8.